The maximum absolute atomic E-state index is 12.2. The van der Waals surface area contributed by atoms with Gasteiger partial charge >= 0.3 is 0 Å². The lowest BCUT2D eigenvalue weighted by Crippen LogP contribution is -2.11. The van der Waals surface area contributed by atoms with Crippen molar-refractivity contribution in [1.29, 1.82) is 0 Å². The Labute approximate surface area is 121 Å². The number of nitrogens with zero attached hydrogens (tertiary/aromatic N) is 1. The quantitative estimate of drug-likeness (QED) is 0.477. The Hall–Kier alpha value is -2.87. The molecule has 100 valence electrons. The minimum absolute atomic E-state index is 0.00423. The minimum Gasteiger partial charge on any atom is -0.283 e. The third kappa shape index (κ3) is 1.84. The molecule has 0 amide bonds. The van der Waals surface area contributed by atoms with Crippen LogP contribution in [0.1, 0.15) is 0 Å². The van der Waals surface area contributed by atoms with Gasteiger partial charge < -0.3 is 0 Å². The SMILES string of the molecule is O=c1cccc2c3ccccc3c(-c3ccccc3)cn12. The number of rotatable bonds is 1. The van der Waals surface area contributed by atoms with Crippen molar-refractivity contribution in [3.8, 4) is 11.1 Å². The summed E-state index contributed by atoms with van der Waals surface area (Å²) < 4.78 is 1.73. The van der Waals surface area contributed by atoms with Crippen molar-refractivity contribution in [2.45, 2.75) is 0 Å². The second kappa shape index (κ2) is 4.60. The van der Waals surface area contributed by atoms with E-state index < -0.39 is 0 Å². The molecule has 21 heavy (non-hydrogen) atoms. The van der Waals surface area contributed by atoms with Gasteiger partial charge in [0.15, 0.2) is 0 Å². The second-order valence-electron chi connectivity index (χ2n) is 5.07. The normalized spacial score (nSPS) is 11.0. The third-order valence-corrected chi connectivity index (χ3v) is 3.83. The predicted octanol–water partition coefficient (Wildman–Crippen LogP) is 4.12. The average molecular weight is 271 g/mol. The van der Waals surface area contributed by atoms with E-state index in [1.54, 1.807) is 10.5 Å². The molecule has 0 N–H and O–H groups in total. The van der Waals surface area contributed by atoms with Gasteiger partial charge in [-0.25, -0.2) is 0 Å². The summed E-state index contributed by atoms with van der Waals surface area (Å²) in [6.45, 7) is 0. The van der Waals surface area contributed by atoms with Gasteiger partial charge in [0.2, 0.25) is 0 Å². The third-order valence-electron chi connectivity index (χ3n) is 3.83. The fourth-order valence-corrected chi connectivity index (χ4v) is 2.84. The van der Waals surface area contributed by atoms with Gasteiger partial charge in [-0.05, 0) is 17.0 Å². The number of pyridine rings is 2. The van der Waals surface area contributed by atoms with Crippen molar-refractivity contribution in [3.05, 3.63) is 89.3 Å². The predicted molar refractivity (Wildman–Crippen MR) is 86.6 cm³/mol. The Morgan fingerprint density at radius 3 is 2.19 bits per heavy atom. The summed E-state index contributed by atoms with van der Waals surface area (Å²) in [5.74, 6) is 0. The average Bonchev–Trinajstić information content (AvgIpc) is 2.55. The summed E-state index contributed by atoms with van der Waals surface area (Å²) in [7, 11) is 0. The Balaban J connectivity index is 2.24. The summed E-state index contributed by atoms with van der Waals surface area (Å²) in [4.78, 5) is 12.2. The number of hydrogen-bond donors (Lipinski definition) is 0. The van der Waals surface area contributed by atoms with Gasteiger partial charge in [-0.3, -0.25) is 9.20 Å². The van der Waals surface area contributed by atoms with Crippen molar-refractivity contribution in [2.75, 3.05) is 0 Å². The van der Waals surface area contributed by atoms with E-state index >= 15 is 0 Å². The largest absolute Gasteiger partial charge is 0.283 e. The van der Waals surface area contributed by atoms with Gasteiger partial charge in [0, 0.05) is 23.2 Å². The molecule has 2 aromatic carbocycles. The van der Waals surface area contributed by atoms with Crippen molar-refractivity contribution in [2.24, 2.45) is 0 Å². The standard InChI is InChI=1S/C19H13NO/c21-19-12-6-11-18-16-10-5-4-9-15(16)17(13-20(18)19)14-7-2-1-3-8-14/h1-13H. The highest BCUT2D eigenvalue weighted by Crippen LogP contribution is 2.30. The molecule has 0 saturated carbocycles. The number of hydrogen-bond acceptors (Lipinski definition) is 1. The van der Waals surface area contributed by atoms with Gasteiger partial charge in [-0.1, -0.05) is 60.7 Å². The van der Waals surface area contributed by atoms with Crippen LogP contribution in [-0.2, 0) is 0 Å². The summed E-state index contributed by atoms with van der Waals surface area (Å²) in [5.41, 5.74) is 3.13. The maximum Gasteiger partial charge on any atom is 0.255 e. The van der Waals surface area contributed by atoms with E-state index in [4.69, 9.17) is 0 Å². The monoisotopic (exact) mass is 271 g/mol. The highest BCUT2D eigenvalue weighted by molar-refractivity contribution is 6.04. The van der Waals surface area contributed by atoms with Gasteiger partial charge in [0.25, 0.3) is 5.56 Å². The second-order valence-corrected chi connectivity index (χ2v) is 5.07. The first kappa shape index (κ1) is 11.9. The lowest BCUT2D eigenvalue weighted by molar-refractivity contribution is 1.11. The lowest BCUT2D eigenvalue weighted by Gasteiger charge is -2.11. The van der Waals surface area contributed by atoms with Crippen LogP contribution in [0, 0.1) is 0 Å². The first-order chi connectivity index (χ1) is 10.3. The topological polar surface area (TPSA) is 21.5 Å². The molecule has 0 aliphatic carbocycles. The van der Waals surface area contributed by atoms with Crippen LogP contribution in [0.5, 0.6) is 0 Å². The molecule has 2 nitrogen and oxygen atoms in total. The molecule has 2 aromatic heterocycles. The van der Waals surface area contributed by atoms with Crippen LogP contribution in [-0.4, -0.2) is 4.40 Å². The molecule has 0 bridgehead atoms. The molecular weight excluding hydrogens is 258 g/mol. The summed E-state index contributed by atoms with van der Waals surface area (Å²) in [6.07, 6.45) is 1.94. The molecule has 0 radical (unpaired) electrons. The molecular formula is C19H13NO. The van der Waals surface area contributed by atoms with Crippen LogP contribution in [0.15, 0.2) is 83.8 Å². The first-order valence-electron chi connectivity index (χ1n) is 6.93. The van der Waals surface area contributed by atoms with E-state index in [-0.39, 0.29) is 5.56 Å². The number of aromatic nitrogens is 1. The fourth-order valence-electron chi connectivity index (χ4n) is 2.84. The summed E-state index contributed by atoms with van der Waals surface area (Å²) in [6, 6.07) is 23.8. The van der Waals surface area contributed by atoms with E-state index in [0.717, 1.165) is 27.4 Å². The molecule has 0 aliphatic heterocycles. The summed E-state index contributed by atoms with van der Waals surface area (Å²) >= 11 is 0. The summed E-state index contributed by atoms with van der Waals surface area (Å²) in [5, 5.41) is 2.26. The van der Waals surface area contributed by atoms with Crippen molar-refractivity contribution >= 4 is 16.3 Å². The van der Waals surface area contributed by atoms with Crippen LogP contribution >= 0.6 is 0 Å². The molecule has 2 heterocycles. The van der Waals surface area contributed by atoms with E-state index in [1.807, 2.05) is 48.7 Å². The Morgan fingerprint density at radius 2 is 1.38 bits per heavy atom. The van der Waals surface area contributed by atoms with Crippen LogP contribution in [0.3, 0.4) is 0 Å². The fraction of sp³-hybridized carbons (Fsp3) is 0. The highest BCUT2D eigenvalue weighted by Gasteiger charge is 2.08. The number of benzene rings is 2. The van der Waals surface area contributed by atoms with Gasteiger partial charge in [-0.2, -0.15) is 0 Å². The Bertz CT molecular complexity index is 1000. The van der Waals surface area contributed by atoms with Crippen molar-refractivity contribution in [3.63, 3.8) is 0 Å². The zero-order valence-electron chi connectivity index (χ0n) is 11.4. The molecule has 0 atom stereocenters. The van der Waals surface area contributed by atoms with Crippen LogP contribution < -0.4 is 5.56 Å². The first-order valence-corrected chi connectivity index (χ1v) is 6.93. The van der Waals surface area contributed by atoms with E-state index in [1.165, 1.54) is 0 Å². The van der Waals surface area contributed by atoms with E-state index in [9.17, 15) is 4.79 Å². The van der Waals surface area contributed by atoms with Crippen LogP contribution in [0.4, 0.5) is 0 Å². The molecule has 0 spiro atoms. The van der Waals surface area contributed by atoms with E-state index in [0.29, 0.717) is 0 Å². The molecule has 0 saturated heterocycles. The van der Waals surface area contributed by atoms with Crippen molar-refractivity contribution < 1.29 is 0 Å². The molecule has 4 rings (SSSR count). The molecule has 2 heteroatoms. The van der Waals surface area contributed by atoms with Gasteiger partial charge in [-0.15, -0.1) is 0 Å². The smallest absolute Gasteiger partial charge is 0.255 e. The van der Waals surface area contributed by atoms with Gasteiger partial charge in [0.1, 0.15) is 0 Å². The minimum atomic E-state index is -0.00423. The van der Waals surface area contributed by atoms with E-state index in [2.05, 4.69) is 24.3 Å². The number of fused-ring (bicyclic) bond motifs is 3. The maximum atomic E-state index is 12.2. The van der Waals surface area contributed by atoms with Crippen molar-refractivity contribution in [1.82, 2.24) is 4.40 Å². The van der Waals surface area contributed by atoms with Gasteiger partial charge in [0.05, 0.1) is 5.52 Å². The lowest BCUT2D eigenvalue weighted by atomic mass is 9.99. The zero-order chi connectivity index (χ0) is 14.2. The van der Waals surface area contributed by atoms with Crippen LogP contribution in [0.2, 0.25) is 0 Å². The molecule has 0 unspecified atom stereocenters. The Kier molecular flexibility index (Phi) is 2.61. The molecule has 4 aromatic rings. The van der Waals surface area contributed by atoms with Crippen LogP contribution in [0.25, 0.3) is 27.4 Å². The molecule has 0 aliphatic rings. The molecule has 0 fully saturated rings. The zero-order valence-corrected chi connectivity index (χ0v) is 11.4. The highest BCUT2D eigenvalue weighted by atomic mass is 16.1. The Morgan fingerprint density at radius 1 is 0.667 bits per heavy atom.